The lowest BCUT2D eigenvalue weighted by molar-refractivity contribution is -0.386. The Bertz CT molecular complexity index is 1100. The van der Waals surface area contributed by atoms with Crippen LogP contribution < -0.4 is 18.9 Å². The Balaban J connectivity index is 1.44. The molecule has 2 aromatic rings. The van der Waals surface area contributed by atoms with Gasteiger partial charge in [0.2, 0.25) is 19.3 Å². The van der Waals surface area contributed by atoms with Crippen molar-refractivity contribution in [2.45, 2.75) is 19.1 Å². The summed E-state index contributed by atoms with van der Waals surface area (Å²) in [5.41, 5.74) is 0.432. The summed E-state index contributed by atoms with van der Waals surface area (Å²) in [4.78, 5) is 22.3. The number of rotatable bonds is 6. The summed E-state index contributed by atoms with van der Waals surface area (Å²) in [6.45, 7) is 0.0264. The van der Waals surface area contributed by atoms with Gasteiger partial charge < -0.3 is 28.8 Å². The number of ether oxygens (including phenoxy) is 5. The summed E-state index contributed by atoms with van der Waals surface area (Å²) >= 11 is 0. The second-order valence-electron chi connectivity index (χ2n) is 7.71. The molecule has 0 amide bonds. The molecule has 0 spiro atoms. The van der Waals surface area contributed by atoms with E-state index in [4.69, 9.17) is 23.7 Å². The van der Waals surface area contributed by atoms with Gasteiger partial charge in [-0.15, -0.1) is 0 Å². The van der Waals surface area contributed by atoms with Crippen LogP contribution in [0, 0.1) is 32.1 Å². The van der Waals surface area contributed by atoms with Crippen molar-refractivity contribution in [3.8, 4) is 23.0 Å². The number of aliphatic hydroxyl groups excluding tert-OH is 1. The van der Waals surface area contributed by atoms with Gasteiger partial charge in [0.25, 0.3) is 5.69 Å². The van der Waals surface area contributed by atoms with Crippen LogP contribution in [0.3, 0.4) is 0 Å². The first-order valence-electron chi connectivity index (χ1n) is 9.85. The smallest absolute Gasteiger partial charge is 0.318 e. The number of benzene rings is 2. The monoisotopic (exact) mass is 446 g/mol. The Labute approximate surface area is 180 Å². The normalized spacial score (nSPS) is 22.8. The van der Waals surface area contributed by atoms with E-state index in [1.165, 1.54) is 6.07 Å². The lowest BCUT2D eigenvalue weighted by Gasteiger charge is -2.20. The second kappa shape index (κ2) is 7.80. The average Bonchev–Trinajstić information content (AvgIpc) is 3.48. The Morgan fingerprint density at radius 1 is 0.906 bits per heavy atom. The lowest BCUT2D eigenvalue weighted by Crippen LogP contribution is -2.24. The Morgan fingerprint density at radius 2 is 1.62 bits per heavy atom. The van der Waals surface area contributed by atoms with E-state index in [-0.39, 0.29) is 61.8 Å². The molecule has 3 aliphatic heterocycles. The summed E-state index contributed by atoms with van der Waals surface area (Å²) in [6.07, 6.45) is -0.831. The van der Waals surface area contributed by atoms with Crippen LogP contribution >= 0.6 is 0 Å². The molecule has 0 saturated carbocycles. The standard InChI is InChI=1S/C20H18N2O10/c23-20-13(4-10-1-2-15-19(32-9-29-15)18(10)22(26)27)12(7-28-20)3-11-5-16-17(31-8-30-16)6-14(11)21(24)25/h1-2,5-6,12-13,20,23H,3-4,7-9H2/t12-,13+,20?/m0/s1. The van der Waals surface area contributed by atoms with Crippen LogP contribution in [0.5, 0.6) is 23.0 Å². The summed E-state index contributed by atoms with van der Waals surface area (Å²) in [5.74, 6) is 0.206. The van der Waals surface area contributed by atoms with E-state index in [1.54, 1.807) is 18.2 Å². The number of hydrogen-bond donors (Lipinski definition) is 1. The van der Waals surface area contributed by atoms with Crippen molar-refractivity contribution in [3.05, 3.63) is 55.6 Å². The van der Waals surface area contributed by atoms with Gasteiger partial charge >= 0.3 is 5.69 Å². The zero-order valence-electron chi connectivity index (χ0n) is 16.6. The second-order valence-corrected chi connectivity index (χ2v) is 7.71. The average molecular weight is 446 g/mol. The molecule has 0 bridgehead atoms. The van der Waals surface area contributed by atoms with Crippen molar-refractivity contribution in [2.24, 2.45) is 11.8 Å². The van der Waals surface area contributed by atoms with Gasteiger partial charge in [-0.25, -0.2) is 0 Å². The lowest BCUT2D eigenvalue weighted by atomic mass is 9.83. The molecule has 1 N–H and O–H groups in total. The molecule has 0 aliphatic carbocycles. The highest BCUT2D eigenvalue weighted by Crippen LogP contribution is 2.45. The fourth-order valence-electron chi connectivity index (χ4n) is 4.39. The van der Waals surface area contributed by atoms with Crippen LogP contribution in [-0.2, 0) is 17.6 Å². The Kier molecular flexibility index (Phi) is 4.94. The minimum atomic E-state index is -1.17. The molecule has 32 heavy (non-hydrogen) atoms. The van der Waals surface area contributed by atoms with Crippen molar-refractivity contribution in [1.29, 1.82) is 0 Å². The van der Waals surface area contributed by atoms with Gasteiger partial charge in [-0.2, -0.15) is 0 Å². The molecule has 1 saturated heterocycles. The Morgan fingerprint density at radius 3 is 2.38 bits per heavy atom. The van der Waals surface area contributed by atoms with Crippen molar-refractivity contribution >= 4 is 11.4 Å². The van der Waals surface area contributed by atoms with Crippen molar-refractivity contribution in [2.75, 3.05) is 20.2 Å². The molecule has 1 fully saturated rings. The fraction of sp³-hybridized carbons (Fsp3) is 0.400. The molecule has 0 aromatic heterocycles. The quantitative estimate of drug-likeness (QED) is 0.517. The zero-order chi connectivity index (χ0) is 22.4. The molecule has 168 valence electrons. The number of fused-ring (bicyclic) bond motifs is 2. The topological polar surface area (TPSA) is 153 Å². The Hall–Kier alpha value is -3.64. The van der Waals surface area contributed by atoms with Crippen molar-refractivity contribution in [1.82, 2.24) is 0 Å². The van der Waals surface area contributed by atoms with Crippen LogP contribution in [0.15, 0.2) is 24.3 Å². The predicted octanol–water partition coefficient (Wildman–Crippen LogP) is 2.33. The van der Waals surface area contributed by atoms with Gasteiger partial charge in [0, 0.05) is 17.0 Å². The summed E-state index contributed by atoms with van der Waals surface area (Å²) in [5, 5.41) is 33.7. The summed E-state index contributed by atoms with van der Waals surface area (Å²) in [7, 11) is 0. The maximum absolute atomic E-state index is 11.7. The van der Waals surface area contributed by atoms with E-state index in [2.05, 4.69) is 0 Å². The van der Waals surface area contributed by atoms with E-state index in [9.17, 15) is 25.3 Å². The van der Waals surface area contributed by atoms with Crippen molar-refractivity contribution in [3.63, 3.8) is 0 Å². The van der Waals surface area contributed by atoms with E-state index in [0.717, 1.165) is 0 Å². The maximum atomic E-state index is 11.7. The largest absolute Gasteiger partial charge is 0.454 e. The van der Waals surface area contributed by atoms with Gasteiger partial charge in [0.1, 0.15) is 0 Å². The highest BCUT2D eigenvalue weighted by molar-refractivity contribution is 5.61. The minimum Gasteiger partial charge on any atom is -0.454 e. The molecule has 12 nitrogen and oxygen atoms in total. The van der Waals surface area contributed by atoms with E-state index < -0.39 is 22.1 Å². The molecule has 3 heterocycles. The third kappa shape index (κ3) is 3.42. The molecule has 3 atom stereocenters. The molecule has 3 aliphatic rings. The van der Waals surface area contributed by atoms with Gasteiger partial charge in [0.15, 0.2) is 23.5 Å². The number of aliphatic hydroxyl groups is 1. The first-order valence-corrected chi connectivity index (χ1v) is 9.85. The number of nitro groups is 2. The van der Waals surface area contributed by atoms with E-state index >= 15 is 0 Å². The van der Waals surface area contributed by atoms with Gasteiger partial charge in [-0.3, -0.25) is 20.2 Å². The van der Waals surface area contributed by atoms with Crippen LogP contribution in [0.1, 0.15) is 11.1 Å². The van der Waals surface area contributed by atoms with Crippen LogP contribution in [0.25, 0.3) is 0 Å². The molecule has 0 radical (unpaired) electrons. The third-order valence-corrected chi connectivity index (χ3v) is 5.94. The van der Waals surface area contributed by atoms with E-state index in [1.807, 2.05) is 0 Å². The summed E-state index contributed by atoms with van der Waals surface area (Å²) < 4.78 is 26.5. The van der Waals surface area contributed by atoms with Crippen LogP contribution in [0.2, 0.25) is 0 Å². The van der Waals surface area contributed by atoms with Gasteiger partial charge in [-0.05, 0) is 37.0 Å². The first kappa shape index (κ1) is 20.3. The number of hydrogen-bond acceptors (Lipinski definition) is 10. The number of nitrogens with zero attached hydrogens (tertiary/aromatic N) is 2. The highest BCUT2D eigenvalue weighted by atomic mass is 16.7. The van der Waals surface area contributed by atoms with Gasteiger partial charge in [0.05, 0.1) is 22.5 Å². The fourth-order valence-corrected chi connectivity index (χ4v) is 4.39. The molecule has 1 unspecified atom stereocenters. The SMILES string of the molecule is O=[N+]([O-])c1cc2c(cc1C[C@H]1COC(O)[C@@H]1Cc1ccc3c(c1[N+](=O)[O-])OCO3)OCO2. The summed E-state index contributed by atoms with van der Waals surface area (Å²) in [6, 6.07) is 6.04. The molecule has 2 aromatic carbocycles. The molecule has 5 rings (SSSR count). The maximum Gasteiger partial charge on any atom is 0.318 e. The van der Waals surface area contributed by atoms with Crippen LogP contribution in [0.4, 0.5) is 11.4 Å². The van der Waals surface area contributed by atoms with E-state index in [0.29, 0.717) is 22.6 Å². The molecular formula is C20H18N2O10. The zero-order valence-corrected chi connectivity index (χ0v) is 16.6. The molecule has 12 heteroatoms. The van der Waals surface area contributed by atoms with Crippen molar-refractivity contribution < 1.29 is 38.6 Å². The molecular weight excluding hydrogens is 428 g/mol. The highest BCUT2D eigenvalue weighted by Gasteiger charge is 2.40. The third-order valence-electron chi connectivity index (χ3n) is 5.94. The first-order chi connectivity index (χ1) is 15.4. The predicted molar refractivity (Wildman–Crippen MR) is 105 cm³/mol. The number of nitro benzene ring substituents is 2. The van der Waals surface area contributed by atoms with Gasteiger partial charge in [-0.1, -0.05) is 0 Å². The minimum absolute atomic E-state index is 0.0163. The van der Waals surface area contributed by atoms with Crippen LogP contribution in [-0.4, -0.2) is 41.4 Å².